The minimum atomic E-state index is -0.321. The highest BCUT2D eigenvalue weighted by atomic mass is 16.5. The molecular weight excluding hydrogens is 218 g/mol. The van der Waals surface area contributed by atoms with Crippen molar-refractivity contribution in [2.45, 2.75) is 25.9 Å². The number of aliphatic hydroxyl groups excluding tert-OH is 1. The van der Waals surface area contributed by atoms with Gasteiger partial charge in [-0.25, -0.2) is 4.79 Å². The molecule has 0 aromatic heterocycles. The lowest BCUT2D eigenvalue weighted by atomic mass is 10.1. The van der Waals surface area contributed by atoms with Gasteiger partial charge in [0.05, 0.1) is 12.7 Å². The summed E-state index contributed by atoms with van der Waals surface area (Å²) in [6.45, 7) is 2.94. The van der Waals surface area contributed by atoms with E-state index >= 15 is 0 Å². The van der Waals surface area contributed by atoms with Gasteiger partial charge in [-0.15, -0.1) is 0 Å². The van der Waals surface area contributed by atoms with Crippen molar-refractivity contribution in [3.63, 3.8) is 0 Å². The van der Waals surface area contributed by atoms with E-state index in [1.807, 2.05) is 19.1 Å². The van der Waals surface area contributed by atoms with Gasteiger partial charge < -0.3 is 15.2 Å². The maximum Gasteiger partial charge on any atom is 0.337 e. The molecule has 0 radical (unpaired) electrons. The normalized spacial score (nSPS) is 12.2. The first-order chi connectivity index (χ1) is 8.17. The molecule has 1 aromatic rings. The molecule has 94 valence electrons. The molecule has 0 amide bonds. The van der Waals surface area contributed by atoms with Gasteiger partial charge in [0.15, 0.2) is 0 Å². The number of aliphatic hydroxyl groups is 1. The number of benzene rings is 1. The van der Waals surface area contributed by atoms with Crippen molar-refractivity contribution in [1.82, 2.24) is 5.32 Å². The zero-order valence-electron chi connectivity index (χ0n) is 10.3. The number of ether oxygens (including phenoxy) is 1. The molecule has 0 aliphatic carbocycles. The summed E-state index contributed by atoms with van der Waals surface area (Å²) >= 11 is 0. The van der Waals surface area contributed by atoms with Crippen LogP contribution in [0.3, 0.4) is 0 Å². The van der Waals surface area contributed by atoms with E-state index in [1.54, 1.807) is 12.1 Å². The average molecular weight is 237 g/mol. The van der Waals surface area contributed by atoms with Crippen molar-refractivity contribution in [2.24, 2.45) is 0 Å². The molecule has 1 aromatic carbocycles. The Hall–Kier alpha value is -1.39. The molecule has 0 bridgehead atoms. The third kappa shape index (κ3) is 4.54. The predicted molar refractivity (Wildman–Crippen MR) is 65.8 cm³/mol. The average Bonchev–Trinajstić information content (AvgIpc) is 2.36. The van der Waals surface area contributed by atoms with Gasteiger partial charge in [-0.05, 0) is 31.0 Å². The third-order valence-electron chi connectivity index (χ3n) is 2.59. The smallest absolute Gasteiger partial charge is 0.337 e. The van der Waals surface area contributed by atoms with Crippen LogP contribution in [0.1, 0.15) is 29.3 Å². The summed E-state index contributed by atoms with van der Waals surface area (Å²) in [6.07, 6.45) is 0.736. The quantitative estimate of drug-likeness (QED) is 0.733. The van der Waals surface area contributed by atoms with Crippen LogP contribution in [0.15, 0.2) is 24.3 Å². The second-order valence-electron chi connectivity index (χ2n) is 3.98. The Labute approximate surface area is 102 Å². The SMILES string of the molecule is COC(=O)c1ccc(CNC(C)CCO)cc1. The molecule has 0 heterocycles. The van der Waals surface area contributed by atoms with E-state index in [-0.39, 0.29) is 18.6 Å². The Morgan fingerprint density at radius 2 is 2.06 bits per heavy atom. The van der Waals surface area contributed by atoms with Crippen LogP contribution in [0.5, 0.6) is 0 Å². The number of nitrogens with one attached hydrogen (secondary N) is 1. The maximum atomic E-state index is 11.2. The first kappa shape index (κ1) is 13.7. The van der Waals surface area contributed by atoms with Crippen molar-refractivity contribution >= 4 is 5.97 Å². The molecule has 0 aliphatic rings. The topological polar surface area (TPSA) is 58.6 Å². The fourth-order valence-corrected chi connectivity index (χ4v) is 1.46. The zero-order valence-corrected chi connectivity index (χ0v) is 10.3. The molecule has 0 saturated carbocycles. The van der Waals surface area contributed by atoms with Crippen LogP contribution in [0.2, 0.25) is 0 Å². The summed E-state index contributed by atoms with van der Waals surface area (Å²) in [5.74, 6) is -0.321. The molecule has 0 fully saturated rings. The molecule has 0 aliphatic heterocycles. The number of methoxy groups -OCH3 is 1. The number of carbonyl (C=O) groups is 1. The molecule has 4 nitrogen and oxygen atoms in total. The van der Waals surface area contributed by atoms with Gasteiger partial charge in [0.25, 0.3) is 0 Å². The summed E-state index contributed by atoms with van der Waals surface area (Å²) in [6, 6.07) is 7.56. The van der Waals surface area contributed by atoms with Crippen LogP contribution >= 0.6 is 0 Å². The monoisotopic (exact) mass is 237 g/mol. The number of rotatable bonds is 6. The summed E-state index contributed by atoms with van der Waals surface area (Å²) < 4.78 is 4.62. The van der Waals surface area contributed by atoms with Crippen LogP contribution in [0.4, 0.5) is 0 Å². The Morgan fingerprint density at radius 3 is 2.59 bits per heavy atom. The molecule has 1 unspecified atom stereocenters. The van der Waals surface area contributed by atoms with Gasteiger partial charge in [0.2, 0.25) is 0 Å². The fraction of sp³-hybridized carbons (Fsp3) is 0.462. The van der Waals surface area contributed by atoms with E-state index in [2.05, 4.69) is 10.1 Å². The van der Waals surface area contributed by atoms with Gasteiger partial charge in [-0.3, -0.25) is 0 Å². The first-order valence-electron chi connectivity index (χ1n) is 5.69. The van der Waals surface area contributed by atoms with Gasteiger partial charge in [0.1, 0.15) is 0 Å². The molecule has 17 heavy (non-hydrogen) atoms. The lowest BCUT2D eigenvalue weighted by molar-refractivity contribution is 0.0600. The largest absolute Gasteiger partial charge is 0.465 e. The van der Waals surface area contributed by atoms with Crippen molar-refractivity contribution < 1.29 is 14.6 Å². The predicted octanol–water partition coefficient (Wildman–Crippen LogP) is 1.33. The summed E-state index contributed by atoms with van der Waals surface area (Å²) in [7, 11) is 1.37. The Kier molecular flexibility index (Phi) is 5.66. The van der Waals surface area contributed by atoms with Crippen molar-refractivity contribution in [3.05, 3.63) is 35.4 Å². The van der Waals surface area contributed by atoms with E-state index in [9.17, 15) is 4.79 Å². The van der Waals surface area contributed by atoms with Crippen LogP contribution in [-0.2, 0) is 11.3 Å². The van der Waals surface area contributed by atoms with E-state index in [1.165, 1.54) is 7.11 Å². The van der Waals surface area contributed by atoms with Crippen LogP contribution in [0.25, 0.3) is 0 Å². The number of hydrogen-bond donors (Lipinski definition) is 2. The summed E-state index contributed by atoms with van der Waals surface area (Å²) in [5, 5.41) is 12.1. The first-order valence-corrected chi connectivity index (χ1v) is 5.69. The molecule has 1 atom stereocenters. The molecule has 0 spiro atoms. The van der Waals surface area contributed by atoms with E-state index in [0.29, 0.717) is 5.56 Å². The highest BCUT2D eigenvalue weighted by molar-refractivity contribution is 5.89. The third-order valence-corrected chi connectivity index (χ3v) is 2.59. The Morgan fingerprint density at radius 1 is 1.41 bits per heavy atom. The van der Waals surface area contributed by atoms with Crippen molar-refractivity contribution in [1.29, 1.82) is 0 Å². The number of esters is 1. The van der Waals surface area contributed by atoms with E-state index < -0.39 is 0 Å². The molecule has 1 rings (SSSR count). The van der Waals surface area contributed by atoms with E-state index in [4.69, 9.17) is 5.11 Å². The zero-order chi connectivity index (χ0) is 12.7. The Bertz CT molecular complexity index is 348. The van der Waals surface area contributed by atoms with Gasteiger partial charge in [-0.2, -0.15) is 0 Å². The van der Waals surface area contributed by atoms with Gasteiger partial charge in [-0.1, -0.05) is 12.1 Å². The summed E-state index contributed by atoms with van der Waals surface area (Å²) in [4.78, 5) is 11.2. The van der Waals surface area contributed by atoms with E-state index in [0.717, 1.165) is 18.5 Å². The number of carbonyl (C=O) groups excluding carboxylic acids is 1. The lowest BCUT2D eigenvalue weighted by Crippen LogP contribution is -2.26. The molecular formula is C13H19NO3. The molecule has 2 N–H and O–H groups in total. The minimum Gasteiger partial charge on any atom is -0.465 e. The Balaban J connectivity index is 2.48. The van der Waals surface area contributed by atoms with Crippen molar-refractivity contribution in [3.8, 4) is 0 Å². The molecule has 0 saturated heterocycles. The summed E-state index contributed by atoms with van der Waals surface area (Å²) in [5.41, 5.74) is 1.65. The van der Waals surface area contributed by atoms with Crippen LogP contribution in [0, 0.1) is 0 Å². The molecule has 4 heteroatoms. The second-order valence-corrected chi connectivity index (χ2v) is 3.98. The highest BCUT2D eigenvalue weighted by Crippen LogP contribution is 2.06. The number of hydrogen-bond acceptors (Lipinski definition) is 4. The lowest BCUT2D eigenvalue weighted by Gasteiger charge is -2.12. The van der Waals surface area contributed by atoms with Gasteiger partial charge in [0, 0.05) is 19.2 Å². The fourth-order valence-electron chi connectivity index (χ4n) is 1.46. The van der Waals surface area contributed by atoms with Crippen LogP contribution in [-0.4, -0.2) is 30.8 Å². The standard InChI is InChI=1S/C13H19NO3/c1-10(7-8-15)14-9-11-3-5-12(6-4-11)13(16)17-2/h3-6,10,14-15H,7-9H2,1-2H3. The maximum absolute atomic E-state index is 11.2. The second kappa shape index (κ2) is 7.04. The van der Waals surface area contributed by atoms with Crippen molar-refractivity contribution in [2.75, 3.05) is 13.7 Å². The van der Waals surface area contributed by atoms with Gasteiger partial charge >= 0.3 is 5.97 Å². The highest BCUT2D eigenvalue weighted by Gasteiger charge is 2.05. The van der Waals surface area contributed by atoms with Crippen LogP contribution < -0.4 is 5.32 Å². The minimum absolute atomic E-state index is 0.190.